The second kappa shape index (κ2) is 5.82. The minimum Gasteiger partial charge on any atom is -0.361 e. The lowest BCUT2D eigenvalue weighted by Gasteiger charge is -2.49. The Hall–Kier alpha value is -1.32. The van der Waals surface area contributed by atoms with E-state index in [4.69, 9.17) is 0 Å². The van der Waals surface area contributed by atoms with Gasteiger partial charge in [-0.2, -0.15) is 11.3 Å². The Labute approximate surface area is 131 Å². The first kappa shape index (κ1) is 13.4. The number of hydrogen-bond donors (Lipinski definition) is 0. The monoisotopic (exact) mass is 298 g/mol. The zero-order chi connectivity index (χ0) is 14.1. The molecule has 21 heavy (non-hydrogen) atoms. The molecule has 3 heteroatoms. The van der Waals surface area contributed by atoms with Crippen LogP contribution < -0.4 is 4.90 Å². The van der Waals surface area contributed by atoms with Gasteiger partial charge in [0.15, 0.2) is 0 Å². The number of piperidine rings is 1. The maximum Gasteiger partial charge on any atom is 0.0670 e. The quantitative estimate of drug-likeness (QED) is 0.821. The maximum atomic E-state index is 2.73. The summed E-state index contributed by atoms with van der Waals surface area (Å²) >= 11 is 1.80. The van der Waals surface area contributed by atoms with E-state index in [0.29, 0.717) is 6.04 Å². The number of fused-ring (bicyclic) bond motifs is 1. The van der Waals surface area contributed by atoms with Gasteiger partial charge in [-0.3, -0.25) is 4.90 Å². The Morgan fingerprint density at radius 1 is 1.00 bits per heavy atom. The molecule has 0 saturated carbocycles. The predicted octanol–water partition coefficient (Wildman–Crippen LogP) is 4.16. The molecule has 2 nitrogen and oxygen atoms in total. The summed E-state index contributed by atoms with van der Waals surface area (Å²) in [5.74, 6) is 0. The van der Waals surface area contributed by atoms with Crippen molar-refractivity contribution in [3.05, 3.63) is 52.7 Å². The van der Waals surface area contributed by atoms with Gasteiger partial charge in [0.05, 0.1) is 6.04 Å². The second-order valence-electron chi connectivity index (χ2n) is 6.20. The lowest BCUT2D eigenvalue weighted by atomic mass is 9.93. The highest BCUT2D eigenvalue weighted by Gasteiger charge is 2.35. The van der Waals surface area contributed by atoms with Crippen LogP contribution in [0.3, 0.4) is 0 Å². The number of anilines is 1. The summed E-state index contributed by atoms with van der Waals surface area (Å²) in [7, 11) is 0. The molecule has 0 bridgehead atoms. The molecule has 4 rings (SSSR count). The molecule has 2 atom stereocenters. The fraction of sp³-hybridized carbons (Fsp3) is 0.444. The van der Waals surface area contributed by atoms with Crippen molar-refractivity contribution in [3.8, 4) is 0 Å². The van der Waals surface area contributed by atoms with E-state index in [1.165, 1.54) is 50.1 Å². The Bertz CT molecular complexity index is 566. The molecular weight excluding hydrogens is 276 g/mol. The molecule has 2 aliphatic heterocycles. The van der Waals surface area contributed by atoms with Gasteiger partial charge >= 0.3 is 0 Å². The first-order valence-corrected chi connectivity index (χ1v) is 8.94. The van der Waals surface area contributed by atoms with Gasteiger partial charge in [0.25, 0.3) is 0 Å². The summed E-state index contributed by atoms with van der Waals surface area (Å²) < 4.78 is 0. The molecule has 1 aromatic carbocycles. The fourth-order valence-corrected chi connectivity index (χ4v) is 4.50. The Morgan fingerprint density at radius 3 is 2.71 bits per heavy atom. The maximum absolute atomic E-state index is 2.73. The molecule has 3 heterocycles. The molecule has 2 saturated heterocycles. The number of rotatable bonds is 2. The SMILES string of the molecule is c1ccc(C2CN3CCCCC3CN2c2ccsc2)cc1. The van der Waals surface area contributed by atoms with Gasteiger partial charge in [-0.15, -0.1) is 0 Å². The van der Waals surface area contributed by atoms with E-state index >= 15 is 0 Å². The highest BCUT2D eigenvalue weighted by Crippen LogP contribution is 2.36. The molecule has 2 aromatic rings. The Balaban J connectivity index is 1.67. The average Bonchev–Trinajstić information content (AvgIpc) is 3.09. The zero-order valence-corrected chi connectivity index (χ0v) is 13.1. The van der Waals surface area contributed by atoms with Gasteiger partial charge in [0.2, 0.25) is 0 Å². The third-order valence-corrected chi connectivity index (χ3v) is 5.63. The molecule has 2 unspecified atom stereocenters. The van der Waals surface area contributed by atoms with Crippen molar-refractivity contribution >= 4 is 17.0 Å². The van der Waals surface area contributed by atoms with E-state index in [9.17, 15) is 0 Å². The summed E-state index contributed by atoms with van der Waals surface area (Å²) in [6.07, 6.45) is 4.13. The van der Waals surface area contributed by atoms with E-state index < -0.39 is 0 Å². The largest absolute Gasteiger partial charge is 0.361 e. The van der Waals surface area contributed by atoms with E-state index in [2.05, 4.69) is 57.0 Å². The van der Waals surface area contributed by atoms with E-state index in [1.54, 1.807) is 11.3 Å². The van der Waals surface area contributed by atoms with Crippen LogP contribution >= 0.6 is 11.3 Å². The van der Waals surface area contributed by atoms with E-state index in [1.807, 2.05) is 0 Å². The average molecular weight is 298 g/mol. The van der Waals surface area contributed by atoms with Gasteiger partial charge in [-0.1, -0.05) is 36.8 Å². The number of piperazine rings is 1. The molecule has 2 fully saturated rings. The third-order valence-electron chi connectivity index (χ3n) is 4.96. The van der Waals surface area contributed by atoms with Crippen LogP contribution in [0.4, 0.5) is 5.69 Å². The number of hydrogen-bond acceptors (Lipinski definition) is 3. The second-order valence-corrected chi connectivity index (χ2v) is 6.98. The highest BCUT2D eigenvalue weighted by atomic mass is 32.1. The molecule has 110 valence electrons. The molecule has 0 spiro atoms. The third kappa shape index (κ3) is 2.60. The van der Waals surface area contributed by atoms with Crippen molar-refractivity contribution in [2.75, 3.05) is 24.5 Å². The lowest BCUT2D eigenvalue weighted by Crippen LogP contribution is -2.56. The first-order chi connectivity index (χ1) is 10.4. The molecule has 0 amide bonds. The lowest BCUT2D eigenvalue weighted by molar-refractivity contribution is 0.112. The molecule has 1 aromatic heterocycles. The van der Waals surface area contributed by atoms with E-state index in [-0.39, 0.29) is 0 Å². The summed E-state index contributed by atoms with van der Waals surface area (Å²) in [4.78, 5) is 5.36. The molecule has 0 N–H and O–H groups in total. The smallest absolute Gasteiger partial charge is 0.0670 e. The van der Waals surface area contributed by atoms with Crippen molar-refractivity contribution in [1.82, 2.24) is 4.90 Å². The van der Waals surface area contributed by atoms with Crippen LogP contribution in [0.15, 0.2) is 47.2 Å². The van der Waals surface area contributed by atoms with Crippen molar-refractivity contribution < 1.29 is 0 Å². The summed E-state index contributed by atoms with van der Waals surface area (Å²) in [5.41, 5.74) is 2.85. The van der Waals surface area contributed by atoms with Gasteiger partial charge in [0.1, 0.15) is 0 Å². The van der Waals surface area contributed by atoms with Crippen LogP contribution in [0.2, 0.25) is 0 Å². The minimum absolute atomic E-state index is 0.496. The van der Waals surface area contributed by atoms with Crippen molar-refractivity contribution in [3.63, 3.8) is 0 Å². The predicted molar refractivity (Wildman–Crippen MR) is 90.1 cm³/mol. The molecular formula is C18H22N2S. The highest BCUT2D eigenvalue weighted by molar-refractivity contribution is 7.08. The molecule has 0 aliphatic carbocycles. The van der Waals surface area contributed by atoms with Crippen molar-refractivity contribution in [2.24, 2.45) is 0 Å². The topological polar surface area (TPSA) is 6.48 Å². The zero-order valence-electron chi connectivity index (χ0n) is 12.3. The first-order valence-electron chi connectivity index (χ1n) is 7.99. The van der Waals surface area contributed by atoms with Crippen molar-refractivity contribution in [1.29, 1.82) is 0 Å². The fourth-order valence-electron chi connectivity index (χ4n) is 3.85. The standard InChI is InChI=1S/C18H22N2S/c1-2-6-15(7-3-1)18-13-19-10-5-4-8-16(19)12-20(18)17-9-11-21-14-17/h1-3,6-7,9,11,14,16,18H,4-5,8,10,12-13H2. The van der Waals surface area contributed by atoms with Crippen LogP contribution in [-0.2, 0) is 0 Å². The van der Waals surface area contributed by atoms with Crippen LogP contribution in [0.1, 0.15) is 30.9 Å². The van der Waals surface area contributed by atoms with Gasteiger partial charge < -0.3 is 4.90 Å². The number of thiophene rings is 1. The van der Waals surface area contributed by atoms with Gasteiger partial charge in [0, 0.05) is 30.2 Å². The van der Waals surface area contributed by atoms with Gasteiger partial charge in [-0.25, -0.2) is 0 Å². The van der Waals surface area contributed by atoms with Crippen molar-refractivity contribution in [2.45, 2.75) is 31.3 Å². The Kier molecular flexibility index (Phi) is 3.70. The van der Waals surface area contributed by atoms with Gasteiger partial charge in [-0.05, 0) is 36.4 Å². The van der Waals surface area contributed by atoms with E-state index in [0.717, 1.165) is 6.04 Å². The molecule has 0 radical (unpaired) electrons. The summed E-state index contributed by atoms with van der Waals surface area (Å²) in [6, 6.07) is 14.5. The van der Waals surface area contributed by atoms with Crippen LogP contribution in [0.5, 0.6) is 0 Å². The molecule has 2 aliphatic rings. The van der Waals surface area contributed by atoms with Crippen LogP contribution in [-0.4, -0.2) is 30.6 Å². The summed E-state index contributed by atoms with van der Waals surface area (Å²) in [5, 5.41) is 4.50. The minimum atomic E-state index is 0.496. The normalized spacial score (nSPS) is 26.6. The summed E-state index contributed by atoms with van der Waals surface area (Å²) in [6.45, 7) is 3.63. The Morgan fingerprint density at radius 2 is 1.90 bits per heavy atom. The van der Waals surface area contributed by atoms with Crippen LogP contribution in [0.25, 0.3) is 0 Å². The number of nitrogens with zero attached hydrogens (tertiary/aromatic N) is 2. The number of benzene rings is 1. The van der Waals surface area contributed by atoms with Crippen LogP contribution in [0, 0.1) is 0 Å².